The highest BCUT2D eigenvalue weighted by atomic mass is 16.1. The zero-order chi connectivity index (χ0) is 13.0. The van der Waals surface area contributed by atoms with Crippen LogP contribution in [0.5, 0.6) is 0 Å². The van der Waals surface area contributed by atoms with Crippen LogP contribution in [0.3, 0.4) is 0 Å². The molecule has 0 saturated heterocycles. The van der Waals surface area contributed by atoms with Crippen molar-refractivity contribution in [2.75, 3.05) is 44.9 Å². The number of carbonyl (C=O) groups excluding carboxylic acids is 1. The summed E-state index contributed by atoms with van der Waals surface area (Å²) in [6.07, 6.45) is 0. The number of carbonyl (C=O) groups is 1. The fraction of sp³-hybridized carbons (Fsp3) is 0.417. The molecule has 0 unspecified atom stereocenters. The van der Waals surface area contributed by atoms with Crippen molar-refractivity contribution < 1.29 is 4.79 Å². The van der Waals surface area contributed by atoms with Crippen LogP contribution < -0.4 is 16.4 Å². The zero-order valence-corrected chi connectivity index (χ0v) is 10.6. The third-order valence-corrected chi connectivity index (χ3v) is 2.61. The Morgan fingerprint density at radius 2 is 1.88 bits per heavy atom. The quantitative estimate of drug-likeness (QED) is 0.724. The number of nitrogens with zero attached hydrogens (tertiary/aromatic N) is 2. The van der Waals surface area contributed by atoms with E-state index in [0.717, 1.165) is 18.8 Å². The van der Waals surface area contributed by atoms with Gasteiger partial charge in [-0.15, -0.1) is 0 Å². The highest BCUT2D eigenvalue weighted by molar-refractivity contribution is 5.94. The molecule has 0 atom stereocenters. The standard InChI is InChI=1S/C12H20N4O/c1-15(2)6-7-16(3)11-5-4-9(12(14)17)8-10(11)13/h4-5,8H,6-7,13H2,1-3H3,(H2,14,17). The summed E-state index contributed by atoms with van der Waals surface area (Å²) in [6.45, 7) is 1.81. The SMILES string of the molecule is CN(C)CCN(C)c1ccc(C(N)=O)cc1N. The molecule has 5 nitrogen and oxygen atoms in total. The maximum Gasteiger partial charge on any atom is 0.248 e. The Hall–Kier alpha value is -1.75. The highest BCUT2D eigenvalue weighted by Crippen LogP contribution is 2.22. The molecule has 0 spiro atoms. The number of hydrogen-bond donors (Lipinski definition) is 2. The van der Waals surface area contributed by atoms with Crippen molar-refractivity contribution >= 4 is 17.3 Å². The lowest BCUT2D eigenvalue weighted by Crippen LogP contribution is -2.29. The molecule has 0 radical (unpaired) electrons. The summed E-state index contributed by atoms with van der Waals surface area (Å²) in [5.74, 6) is -0.459. The van der Waals surface area contributed by atoms with Crippen molar-refractivity contribution in [1.29, 1.82) is 0 Å². The predicted molar refractivity (Wildman–Crippen MR) is 71.2 cm³/mol. The Balaban J connectivity index is 2.81. The van der Waals surface area contributed by atoms with Crippen LogP contribution in [-0.4, -0.2) is 45.0 Å². The van der Waals surface area contributed by atoms with Gasteiger partial charge < -0.3 is 21.3 Å². The lowest BCUT2D eigenvalue weighted by Gasteiger charge is -2.23. The van der Waals surface area contributed by atoms with Crippen LogP contribution in [0.4, 0.5) is 11.4 Å². The van der Waals surface area contributed by atoms with Gasteiger partial charge in [-0.25, -0.2) is 0 Å². The van der Waals surface area contributed by atoms with E-state index >= 15 is 0 Å². The Kier molecular flexibility index (Phi) is 4.34. The van der Waals surface area contributed by atoms with Gasteiger partial charge in [0, 0.05) is 25.7 Å². The number of anilines is 2. The lowest BCUT2D eigenvalue weighted by atomic mass is 10.1. The van der Waals surface area contributed by atoms with Gasteiger partial charge in [0.2, 0.25) is 5.91 Å². The largest absolute Gasteiger partial charge is 0.397 e. The molecule has 0 aliphatic rings. The van der Waals surface area contributed by atoms with Crippen molar-refractivity contribution in [3.8, 4) is 0 Å². The molecule has 0 aromatic heterocycles. The average molecular weight is 236 g/mol. The summed E-state index contributed by atoms with van der Waals surface area (Å²) in [7, 11) is 6.01. The number of nitrogen functional groups attached to an aromatic ring is 1. The third kappa shape index (κ3) is 3.64. The topological polar surface area (TPSA) is 75.6 Å². The molecule has 0 bridgehead atoms. The number of hydrogen-bond acceptors (Lipinski definition) is 4. The van der Waals surface area contributed by atoms with Crippen molar-refractivity contribution in [2.45, 2.75) is 0 Å². The van der Waals surface area contributed by atoms with Gasteiger partial charge in [-0.05, 0) is 32.3 Å². The Morgan fingerprint density at radius 3 is 2.35 bits per heavy atom. The maximum absolute atomic E-state index is 11.0. The van der Waals surface area contributed by atoms with Crippen LogP contribution >= 0.6 is 0 Å². The number of benzene rings is 1. The van der Waals surface area contributed by atoms with E-state index in [1.165, 1.54) is 0 Å². The van der Waals surface area contributed by atoms with Gasteiger partial charge in [0.1, 0.15) is 0 Å². The monoisotopic (exact) mass is 236 g/mol. The number of nitrogens with two attached hydrogens (primary N) is 2. The molecule has 0 saturated carbocycles. The second kappa shape index (κ2) is 5.54. The van der Waals surface area contributed by atoms with E-state index in [1.54, 1.807) is 12.1 Å². The Labute approximate surface area is 102 Å². The first-order valence-corrected chi connectivity index (χ1v) is 5.47. The number of likely N-dealkylation sites (N-methyl/N-ethyl adjacent to an activating group) is 2. The summed E-state index contributed by atoms with van der Waals surface area (Å²) >= 11 is 0. The third-order valence-electron chi connectivity index (χ3n) is 2.61. The second-order valence-corrected chi connectivity index (χ2v) is 4.36. The van der Waals surface area contributed by atoms with Crippen LogP contribution in [0.15, 0.2) is 18.2 Å². The summed E-state index contributed by atoms with van der Waals surface area (Å²) in [5, 5.41) is 0. The molecule has 1 aromatic carbocycles. The van der Waals surface area contributed by atoms with Crippen molar-refractivity contribution in [1.82, 2.24) is 4.90 Å². The molecule has 1 rings (SSSR count). The zero-order valence-electron chi connectivity index (χ0n) is 10.6. The van der Waals surface area contributed by atoms with Gasteiger partial charge in [-0.3, -0.25) is 4.79 Å². The van der Waals surface area contributed by atoms with E-state index in [4.69, 9.17) is 11.5 Å². The van der Waals surface area contributed by atoms with Gasteiger partial charge >= 0.3 is 0 Å². The van der Waals surface area contributed by atoms with Crippen LogP contribution in [0.25, 0.3) is 0 Å². The van der Waals surface area contributed by atoms with Crippen LogP contribution in [0, 0.1) is 0 Å². The molecule has 5 heteroatoms. The van der Waals surface area contributed by atoms with Crippen molar-refractivity contribution in [2.24, 2.45) is 5.73 Å². The van der Waals surface area contributed by atoms with E-state index < -0.39 is 5.91 Å². The minimum absolute atomic E-state index is 0.437. The fourth-order valence-corrected chi connectivity index (χ4v) is 1.53. The summed E-state index contributed by atoms with van der Waals surface area (Å²) in [4.78, 5) is 15.2. The summed E-state index contributed by atoms with van der Waals surface area (Å²) in [6, 6.07) is 5.13. The van der Waals surface area contributed by atoms with Gasteiger partial charge in [0.25, 0.3) is 0 Å². The van der Waals surface area contributed by atoms with Crippen LogP contribution in [0.1, 0.15) is 10.4 Å². The van der Waals surface area contributed by atoms with Gasteiger partial charge in [0.05, 0.1) is 11.4 Å². The fourth-order valence-electron chi connectivity index (χ4n) is 1.53. The number of rotatable bonds is 5. The average Bonchev–Trinajstić information content (AvgIpc) is 2.25. The summed E-state index contributed by atoms with van der Waals surface area (Å²) < 4.78 is 0. The van der Waals surface area contributed by atoms with E-state index in [0.29, 0.717) is 11.3 Å². The molecule has 0 aliphatic carbocycles. The second-order valence-electron chi connectivity index (χ2n) is 4.36. The first kappa shape index (κ1) is 13.3. The van der Waals surface area contributed by atoms with E-state index in [2.05, 4.69) is 9.80 Å². The molecule has 1 aromatic rings. The van der Waals surface area contributed by atoms with E-state index in [-0.39, 0.29) is 0 Å². The minimum atomic E-state index is -0.459. The summed E-state index contributed by atoms with van der Waals surface area (Å²) in [5.41, 5.74) is 13.0. The van der Waals surface area contributed by atoms with Gasteiger partial charge in [0.15, 0.2) is 0 Å². The van der Waals surface area contributed by atoms with E-state index in [1.807, 2.05) is 27.2 Å². The first-order valence-electron chi connectivity index (χ1n) is 5.47. The van der Waals surface area contributed by atoms with Crippen LogP contribution in [-0.2, 0) is 0 Å². The first-order chi connectivity index (χ1) is 7.91. The normalized spacial score (nSPS) is 10.6. The maximum atomic E-state index is 11.0. The van der Waals surface area contributed by atoms with Crippen LogP contribution in [0.2, 0.25) is 0 Å². The molecule has 4 N–H and O–H groups in total. The van der Waals surface area contributed by atoms with Crippen molar-refractivity contribution in [3.63, 3.8) is 0 Å². The predicted octanol–water partition coefficient (Wildman–Crippen LogP) is 0.365. The molecule has 0 fully saturated rings. The van der Waals surface area contributed by atoms with Crippen molar-refractivity contribution in [3.05, 3.63) is 23.8 Å². The number of primary amides is 1. The van der Waals surface area contributed by atoms with E-state index in [9.17, 15) is 4.79 Å². The molecule has 94 valence electrons. The Bertz CT molecular complexity index is 403. The van der Waals surface area contributed by atoms with Gasteiger partial charge in [-0.1, -0.05) is 0 Å². The van der Waals surface area contributed by atoms with Gasteiger partial charge in [-0.2, -0.15) is 0 Å². The minimum Gasteiger partial charge on any atom is -0.397 e. The lowest BCUT2D eigenvalue weighted by molar-refractivity contribution is 0.100. The highest BCUT2D eigenvalue weighted by Gasteiger charge is 2.08. The molecule has 0 heterocycles. The smallest absolute Gasteiger partial charge is 0.248 e. The number of amides is 1. The molecular formula is C12H20N4O. The molecule has 0 aliphatic heterocycles. The molecule has 1 amide bonds. The molecule has 17 heavy (non-hydrogen) atoms. The Morgan fingerprint density at radius 1 is 1.24 bits per heavy atom. The molecular weight excluding hydrogens is 216 g/mol.